The van der Waals surface area contributed by atoms with Gasteiger partial charge in [-0.2, -0.15) is 0 Å². The highest BCUT2D eigenvalue weighted by atomic mass is 15.0. The average Bonchev–Trinajstić information content (AvgIpc) is 2.84. The summed E-state index contributed by atoms with van der Waals surface area (Å²) < 4.78 is 2.20. The average molecular weight is 264 g/mol. The van der Waals surface area contributed by atoms with Gasteiger partial charge in [-0.25, -0.2) is 0 Å². The van der Waals surface area contributed by atoms with E-state index in [-0.39, 0.29) is 5.84 Å². The first-order valence-corrected chi connectivity index (χ1v) is 6.57. The van der Waals surface area contributed by atoms with E-state index in [1.807, 2.05) is 30.5 Å². The fourth-order valence-corrected chi connectivity index (χ4v) is 2.44. The summed E-state index contributed by atoms with van der Waals surface area (Å²) in [4.78, 5) is 4.19. The molecule has 3 rings (SSSR count). The molecule has 0 fully saturated rings. The van der Waals surface area contributed by atoms with Gasteiger partial charge in [-0.3, -0.25) is 10.4 Å². The van der Waals surface area contributed by atoms with Crippen molar-refractivity contribution in [3.63, 3.8) is 0 Å². The van der Waals surface area contributed by atoms with Gasteiger partial charge < -0.3 is 10.3 Å². The van der Waals surface area contributed by atoms with E-state index in [1.54, 1.807) is 6.20 Å². The maximum Gasteiger partial charge on any atom is 0.0923 e. The van der Waals surface area contributed by atoms with E-state index < -0.39 is 0 Å². The summed E-state index contributed by atoms with van der Waals surface area (Å²) in [5, 5.41) is 8.62. The molecule has 0 radical (unpaired) electrons. The molecule has 0 aliphatic heterocycles. The van der Waals surface area contributed by atoms with Gasteiger partial charge in [0.25, 0.3) is 0 Å². The second kappa shape index (κ2) is 5.17. The minimum atomic E-state index is 0.208. The SMILES string of the molecule is N=C(N)CCn1c(-c2cccnc2)cc2ccccc21. The normalized spacial score (nSPS) is 10.8. The molecule has 0 atom stereocenters. The molecule has 0 saturated carbocycles. The zero-order chi connectivity index (χ0) is 13.9. The largest absolute Gasteiger partial charge is 0.388 e. The molecule has 0 unspecified atom stereocenters. The lowest BCUT2D eigenvalue weighted by atomic mass is 10.2. The van der Waals surface area contributed by atoms with Crippen molar-refractivity contribution in [1.29, 1.82) is 5.41 Å². The summed E-state index contributed by atoms with van der Waals surface area (Å²) in [6.07, 6.45) is 4.18. The highest BCUT2D eigenvalue weighted by molar-refractivity contribution is 5.87. The number of hydrogen-bond donors (Lipinski definition) is 2. The molecule has 0 bridgehead atoms. The monoisotopic (exact) mass is 264 g/mol. The van der Waals surface area contributed by atoms with Crippen molar-refractivity contribution in [1.82, 2.24) is 9.55 Å². The third-order valence-electron chi connectivity index (χ3n) is 3.37. The molecule has 4 nitrogen and oxygen atoms in total. The van der Waals surface area contributed by atoms with Crippen molar-refractivity contribution in [2.45, 2.75) is 13.0 Å². The molecule has 0 spiro atoms. The number of hydrogen-bond acceptors (Lipinski definition) is 2. The zero-order valence-corrected chi connectivity index (χ0v) is 11.1. The number of aromatic nitrogens is 2. The molecule has 2 heterocycles. The first-order valence-electron chi connectivity index (χ1n) is 6.57. The number of para-hydroxylation sites is 1. The van der Waals surface area contributed by atoms with E-state index in [0.717, 1.165) is 16.8 Å². The molecular formula is C16H16N4. The zero-order valence-electron chi connectivity index (χ0n) is 11.1. The number of rotatable bonds is 4. The van der Waals surface area contributed by atoms with Gasteiger partial charge in [-0.15, -0.1) is 0 Å². The molecule has 20 heavy (non-hydrogen) atoms. The van der Waals surface area contributed by atoms with Crippen LogP contribution in [0.4, 0.5) is 0 Å². The Morgan fingerprint density at radius 1 is 1.20 bits per heavy atom. The van der Waals surface area contributed by atoms with Gasteiger partial charge in [0.15, 0.2) is 0 Å². The van der Waals surface area contributed by atoms with Crippen molar-refractivity contribution in [3.05, 3.63) is 54.9 Å². The van der Waals surface area contributed by atoms with E-state index in [2.05, 4.69) is 27.8 Å². The molecule has 100 valence electrons. The van der Waals surface area contributed by atoms with Crippen LogP contribution >= 0.6 is 0 Å². The van der Waals surface area contributed by atoms with Crippen LogP contribution in [0.1, 0.15) is 6.42 Å². The fraction of sp³-hybridized carbons (Fsp3) is 0.125. The number of pyridine rings is 1. The third kappa shape index (κ3) is 2.28. The van der Waals surface area contributed by atoms with Gasteiger partial charge >= 0.3 is 0 Å². The van der Waals surface area contributed by atoms with E-state index in [9.17, 15) is 0 Å². The van der Waals surface area contributed by atoms with Gasteiger partial charge in [0.1, 0.15) is 0 Å². The van der Waals surface area contributed by atoms with Gasteiger partial charge in [0.2, 0.25) is 0 Å². The highest BCUT2D eigenvalue weighted by Gasteiger charge is 2.10. The summed E-state index contributed by atoms with van der Waals surface area (Å²) in [6.45, 7) is 0.701. The van der Waals surface area contributed by atoms with Gasteiger partial charge in [-0.05, 0) is 24.3 Å². The minimum Gasteiger partial charge on any atom is -0.388 e. The standard InChI is InChI=1S/C16H16N4/c17-16(18)7-9-20-14-6-2-1-4-12(14)10-15(20)13-5-3-8-19-11-13/h1-6,8,10-11H,7,9H2,(H3,17,18). The quantitative estimate of drug-likeness (QED) is 0.562. The number of benzene rings is 1. The first-order chi connectivity index (χ1) is 9.75. The maximum absolute atomic E-state index is 7.43. The molecular weight excluding hydrogens is 248 g/mol. The van der Waals surface area contributed by atoms with E-state index in [0.29, 0.717) is 13.0 Å². The molecule has 3 N–H and O–H groups in total. The molecule has 0 aliphatic rings. The number of aryl methyl sites for hydroxylation is 1. The Labute approximate surface area is 117 Å². The van der Waals surface area contributed by atoms with Crippen LogP contribution in [0.25, 0.3) is 22.2 Å². The molecule has 0 aliphatic carbocycles. The Balaban J connectivity index is 2.15. The molecule has 2 aromatic heterocycles. The number of fused-ring (bicyclic) bond motifs is 1. The molecule has 0 amide bonds. The summed E-state index contributed by atoms with van der Waals surface area (Å²) in [5.41, 5.74) is 8.85. The molecule has 3 aromatic rings. The van der Waals surface area contributed by atoms with Crippen LogP contribution < -0.4 is 5.73 Å². The molecule has 4 heteroatoms. The highest BCUT2D eigenvalue weighted by Crippen LogP contribution is 2.27. The summed E-state index contributed by atoms with van der Waals surface area (Å²) in [7, 11) is 0. The number of nitrogens with one attached hydrogen (secondary N) is 1. The van der Waals surface area contributed by atoms with E-state index in [1.165, 1.54) is 5.39 Å². The van der Waals surface area contributed by atoms with Crippen molar-refractivity contribution >= 4 is 16.7 Å². The first kappa shape index (κ1) is 12.4. The summed E-state index contributed by atoms with van der Waals surface area (Å²) >= 11 is 0. The Morgan fingerprint density at radius 3 is 2.80 bits per heavy atom. The maximum atomic E-state index is 7.43. The number of nitrogens with zero attached hydrogens (tertiary/aromatic N) is 2. The van der Waals surface area contributed by atoms with Crippen molar-refractivity contribution in [3.8, 4) is 11.3 Å². The lowest BCUT2D eigenvalue weighted by molar-refractivity contribution is 0.757. The van der Waals surface area contributed by atoms with Gasteiger partial charge in [0, 0.05) is 41.8 Å². The topological polar surface area (TPSA) is 67.7 Å². The second-order valence-electron chi connectivity index (χ2n) is 4.76. The van der Waals surface area contributed by atoms with Crippen molar-refractivity contribution < 1.29 is 0 Å². The second-order valence-corrected chi connectivity index (χ2v) is 4.76. The third-order valence-corrected chi connectivity index (χ3v) is 3.37. The lowest BCUT2D eigenvalue weighted by Gasteiger charge is -2.10. The van der Waals surface area contributed by atoms with E-state index >= 15 is 0 Å². The van der Waals surface area contributed by atoms with Gasteiger partial charge in [-0.1, -0.05) is 18.2 Å². The summed E-state index contributed by atoms with van der Waals surface area (Å²) in [5.74, 6) is 0.208. The number of nitrogens with two attached hydrogens (primary N) is 1. The number of amidine groups is 1. The van der Waals surface area contributed by atoms with Crippen LogP contribution in [0.2, 0.25) is 0 Å². The molecule has 0 saturated heterocycles. The predicted molar refractivity (Wildman–Crippen MR) is 81.7 cm³/mol. The van der Waals surface area contributed by atoms with Crippen LogP contribution in [0.3, 0.4) is 0 Å². The minimum absolute atomic E-state index is 0.208. The fourth-order valence-electron chi connectivity index (χ4n) is 2.44. The van der Waals surface area contributed by atoms with Crippen LogP contribution in [0, 0.1) is 5.41 Å². The van der Waals surface area contributed by atoms with Gasteiger partial charge in [0.05, 0.1) is 11.5 Å². The summed E-state index contributed by atoms with van der Waals surface area (Å²) in [6, 6.07) is 14.4. The molecule has 1 aromatic carbocycles. The van der Waals surface area contributed by atoms with E-state index in [4.69, 9.17) is 11.1 Å². The Hall–Kier alpha value is -2.62. The Bertz CT molecular complexity index is 744. The Kier molecular flexibility index (Phi) is 3.21. The van der Waals surface area contributed by atoms with Crippen molar-refractivity contribution in [2.24, 2.45) is 5.73 Å². The predicted octanol–water partition coefficient (Wildman–Crippen LogP) is 3.03. The van der Waals surface area contributed by atoms with Crippen LogP contribution in [-0.2, 0) is 6.54 Å². The van der Waals surface area contributed by atoms with Crippen LogP contribution in [0.5, 0.6) is 0 Å². The van der Waals surface area contributed by atoms with Crippen molar-refractivity contribution in [2.75, 3.05) is 0 Å². The Morgan fingerprint density at radius 2 is 2.05 bits per heavy atom. The van der Waals surface area contributed by atoms with Crippen LogP contribution in [0.15, 0.2) is 54.9 Å². The smallest absolute Gasteiger partial charge is 0.0923 e. The van der Waals surface area contributed by atoms with Crippen LogP contribution in [-0.4, -0.2) is 15.4 Å². The lowest BCUT2D eigenvalue weighted by Crippen LogP contribution is -2.13.